The maximum Gasteiger partial charge on any atom is 0.303 e. The number of ether oxygens (including phenoxy) is 2. The molecule has 3 fully saturated rings. The van der Waals surface area contributed by atoms with Crippen LogP contribution in [0.5, 0.6) is 0 Å². The molecule has 1 aliphatic carbocycles. The zero-order chi connectivity index (χ0) is 32.8. The van der Waals surface area contributed by atoms with E-state index in [1.807, 2.05) is 57.2 Å². The number of hydrogen-bond acceptors (Lipinski definition) is 7. The van der Waals surface area contributed by atoms with E-state index in [1.54, 1.807) is 12.1 Å². The summed E-state index contributed by atoms with van der Waals surface area (Å²) < 4.78 is 13.2. The molecule has 2 amide bonds. The van der Waals surface area contributed by atoms with Gasteiger partial charge in [-0.2, -0.15) is 0 Å². The molecule has 2 heterocycles. The lowest BCUT2D eigenvalue weighted by molar-refractivity contribution is -0.255. The van der Waals surface area contributed by atoms with Crippen molar-refractivity contribution in [1.29, 1.82) is 0 Å². The lowest BCUT2D eigenvalue weighted by atomic mass is 9.75. The topological polar surface area (TPSA) is 137 Å². The zero-order valence-corrected chi connectivity index (χ0v) is 27.2. The van der Waals surface area contributed by atoms with Gasteiger partial charge < -0.3 is 30.3 Å². The van der Waals surface area contributed by atoms with Gasteiger partial charge in [0.05, 0.1) is 31.3 Å². The number of anilines is 1. The number of carboxylic acid groups (broad SMARTS) is 1. The van der Waals surface area contributed by atoms with Crippen LogP contribution in [0.15, 0.2) is 48.5 Å². The van der Waals surface area contributed by atoms with E-state index in [9.17, 15) is 19.5 Å². The van der Waals surface area contributed by atoms with Crippen LogP contribution >= 0.6 is 0 Å². The van der Waals surface area contributed by atoms with Crippen LogP contribution in [0, 0.1) is 5.92 Å². The highest BCUT2D eigenvalue weighted by Crippen LogP contribution is 2.42. The summed E-state index contributed by atoms with van der Waals surface area (Å²) in [4.78, 5) is 39.1. The van der Waals surface area contributed by atoms with Gasteiger partial charge in [0.2, 0.25) is 11.8 Å². The van der Waals surface area contributed by atoms with Crippen molar-refractivity contribution >= 4 is 23.5 Å². The molecular weight excluding hydrogens is 586 g/mol. The van der Waals surface area contributed by atoms with E-state index in [1.165, 1.54) is 19.3 Å². The number of hydrogen-bond donors (Lipinski definition) is 4. The van der Waals surface area contributed by atoms with Crippen molar-refractivity contribution in [1.82, 2.24) is 10.2 Å². The van der Waals surface area contributed by atoms with E-state index in [4.69, 9.17) is 14.6 Å². The van der Waals surface area contributed by atoms with Crippen LogP contribution in [0.2, 0.25) is 0 Å². The van der Waals surface area contributed by atoms with Crippen LogP contribution < -0.4 is 10.6 Å². The van der Waals surface area contributed by atoms with E-state index in [0.717, 1.165) is 36.0 Å². The summed E-state index contributed by atoms with van der Waals surface area (Å²) in [6.07, 6.45) is 5.75. The number of aliphatic hydroxyl groups excluding tert-OH is 1. The normalized spacial score (nSPS) is 27.0. The van der Waals surface area contributed by atoms with Crippen LogP contribution in [0.3, 0.4) is 0 Å². The number of carbonyl (C=O) groups is 3. The number of piperidine rings is 1. The minimum absolute atomic E-state index is 0.0328. The van der Waals surface area contributed by atoms with Crippen molar-refractivity contribution in [3.05, 3.63) is 65.2 Å². The van der Waals surface area contributed by atoms with Crippen LogP contribution in [0.1, 0.15) is 108 Å². The summed E-state index contributed by atoms with van der Waals surface area (Å²) in [6, 6.07) is 15.1. The summed E-state index contributed by atoms with van der Waals surface area (Å²) in [5, 5.41) is 24.4. The van der Waals surface area contributed by atoms with E-state index >= 15 is 0 Å². The second kappa shape index (κ2) is 15.1. The van der Waals surface area contributed by atoms with E-state index in [0.29, 0.717) is 30.6 Å². The molecule has 5 rings (SSSR count). The average molecular weight is 636 g/mol. The molecule has 4 N–H and O–H groups in total. The highest BCUT2D eigenvalue weighted by molar-refractivity contribution is 5.92. The Morgan fingerprint density at radius 3 is 2.26 bits per heavy atom. The Hall–Kier alpha value is -3.31. The Morgan fingerprint density at radius 2 is 1.59 bits per heavy atom. The summed E-state index contributed by atoms with van der Waals surface area (Å²) >= 11 is 0. The zero-order valence-electron chi connectivity index (χ0n) is 27.2. The number of benzene rings is 2. The molecule has 10 nitrogen and oxygen atoms in total. The molecule has 0 bridgehead atoms. The molecule has 2 saturated heterocycles. The average Bonchev–Trinajstić information content (AvgIpc) is 3.03. The summed E-state index contributed by atoms with van der Waals surface area (Å²) in [7, 11) is 0. The Kier molecular flexibility index (Phi) is 11.1. The second-order valence-electron chi connectivity index (χ2n) is 14.1. The Labute approximate surface area is 271 Å². The summed E-state index contributed by atoms with van der Waals surface area (Å²) in [6.45, 7) is 6.65. The molecule has 0 aromatic heterocycles. The predicted octanol–water partition coefficient (Wildman–Crippen LogP) is 5.47. The number of fused-ring (bicyclic) bond motifs is 1. The molecule has 2 aliphatic heterocycles. The van der Waals surface area contributed by atoms with Crippen molar-refractivity contribution in [3.8, 4) is 0 Å². The lowest BCUT2D eigenvalue weighted by Crippen LogP contribution is -2.61. The number of nitrogens with zero attached hydrogens (tertiary/aromatic N) is 1. The fourth-order valence-electron chi connectivity index (χ4n) is 7.16. The fraction of sp³-hybridized carbons (Fsp3) is 0.583. The van der Waals surface area contributed by atoms with E-state index in [-0.39, 0.29) is 55.1 Å². The molecule has 10 heteroatoms. The third-order valence-corrected chi connectivity index (χ3v) is 9.37. The maximum absolute atomic E-state index is 13.7. The van der Waals surface area contributed by atoms with Crippen molar-refractivity contribution in [2.24, 2.45) is 5.92 Å². The number of carbonyl (C=O) groups excluding carboxylic acids is 2. The van der Waals surface area contributed by atoms with Gasteiger partial charge in [-0.25, -0.2) is 0 Å². The molecule has 0 spiro atoms. The minimum atomic E-state index is -1.02. The Bertz CT molecular complexity index is 1340. The van der Waals surface area contributed by atoms with Gasteiger partial charge in [0, 0.05) is 42.2 Å². The maximum atomic E-state index is 13.7. The summed E-state index contributed by atoms with van der Waals surface area (Å²) in [5.74, 6) is -0.711. The lowest BCUT2D eigenvalue weighted by Gasteiger charge is -2.50. The molecular formula is C36H49N3O7. The number of aliphatic hydroxyl groups is 1. The molecule has 2 aromatic rings. The molecule has 0 unspecified atom stereocenters. The SMILES string of the molecule is CC(C)(C)NC(=O)[C@H]1CC[C@H]2CCCC[C@H]2N1C[C@@H]1C[C@H](c2ccc(CO)cc2)O[C@H](c2ccc(NC(=O)CCC(=O)O)cc2)O1. The number of likely N-dealkylation sites (tertiary alicyclic amines) is 1. The minimum Gasteiger partial charge on any atom is -0.481 e. The quantitative estimate of drug-likeness (QED) is 0.270. The van der Waals surface area contributed by atoms with Crippen LogP contribution in [-0.4, -0.2) is 63.2 Å². The van der Waals surface area contributed by atoms with Crippen LogP contribution in [0.4, 0.5) is 5.69 Å². The van der Waals surface area contributed by atoms with E-state index < -0.39 is 12.3 Å². The number of rotatable bonds is 10. The van der Waals surface area contributed by atoms with Crippen molar-refractivity contribution in [3.63, 3.8) is 0 Å². The largest absolute Gasteiger partial charge is 0.481 e. The van der Waals surface area contributed by atoms with Gasteiger partial charge in [-0.15, -0.1) is 0 Å². The first-order valence-corrected chi connectivity index (χ1v) is 16.7. The number of aliphatic carboxylic acids is 1. The monoisotopic (exact) mass is 635 g/mol. The molecule has 3 aliphatic rings. The fourth-order valence-corrected chi connectivity index (χ4v) is 7.16. The van der Waals surface area contributed by atoms with Gasteiger partial charge in [-0.05, 0) is 75.6 Å². The first-order chi connectivity index (χ1) is 22.0. The van der Waals surface area contributed by atoms with Crippen molar-refractivity contribution in [2.75, 3.05) is 11.9 Å². The first-order valence-electron chi connectivity index (χ1n) is 16.7. The molecule has 250 valence electrons. The second-order valence-corrected chi connectivity index (χ2v) is 14.1. The van der Waals surface area contributed by atoms with Gasteiger partial charge in [0.15, 0.2) is 6.29 Å². The third-order valence-electron chi connectivity index (χ3n) is 9.37. The number of carboxylic acids is 1. The van der Waals surface area contributed by atoms with Gasteiger partial charge in [0.25, 0.3) is 0 Å². The van der Waals surface area contributed by atoms with Gasteiger partial charge in [-0.1, -0.05) is 49.2 Å². The van der Waals surface area contributed by atoms with Crippen molar-refractivity contribution in [2.45, 2.75) is 121 Å². The number of amides is 2. The van der Waals surface area contributed by atoms with Crippen LogP contribution in [-0.2, 0) is 30.5 Å². The van der Waals surface area contributed by atoms with Gasteiger partial charge in [0.1, 0.15) is 0 Å². The molecule has 0 radical (unpaired) electrons. The standard InChI is InChI=1S/C36H49N3O7/c1-36(2,3)38-34(44)30-17-14-24-6-4-5-7-29(24)39(30)21-28-20-31(25-10-8-23(22-40)9-11-25)46-35(45-28)26-12-15-27(16-13-26)37-32(41)18-19-33(42)43/h8-13,15-16,24,28-31,35,40H,4-7,14,17-22H2,1-3H3,(H,37,41)(H,38,44)(H,42,43)/t24-,28+,29-,30-,31-,35-/m1/s1. The first kappa shape index (κ1) is 34.0. The smallest absolute Gasteiger partial charge is 0.303 e. The molecule has 2 aromatic carbocycles. The van der Waals surface area contributed by atoms with Gasteiger partial charge >= 0.3 is 5.97 Å². The predicted molar refractivity (Wildman–Crippen MR) is 174 cm³/mol. The summed E-state index contributed by atoms with van der Waals surface area (Å²) in [5.41, 5.74) is 2.86. The molecule has 46 heavy (non-hydrogen) atoms. The Morgan fingerprint density at radius 1 is 0.891 bits per heavy atom. The van der Waals surface area contributed by atoms with E-state index in [2.05, 4.69) is 15.5 Å². The molecule has 6 atom stereocenters. The Balaban J connectivity index is 1.38. The van der Waals surface area contributed by atoms with Crippen molar-refractivity contribution < 1.29 is 34.1 Å². The van der Waals surface area contributed by atoms with Gasteiger partial charge in [-0.3, -0.25) is 19.3 Å². The highest BCUT2D eigenvalue weighted by atomic mass is 16.7. The number of nitrogens with one attached hydrogen (secondary N) is 2. The highest BCUT2D eigenvalue weighted by Gasteiger charge is 2.44. The van der Waals surface area contributed by atoms with Crippen LogP contribution in [0.25, 0.3) is 0 Å². The third kappa shape index (κ3) is 8.94. The molecule has 1 saturated carbocycles.